The van der Waals surface area contributed by atoms with Crippen molar-refractivity contribution in [1.82, 2.24) is 13.7 Å². The number of halogens is 2. The molecule has 5 nitrogen and oxygen atoms in total. The number of pyridine rings is 1. The van der Waals surface area contributed by atoms with Gasteiger partial charge in [0, 0.05) is 27.3 Å². The van der Waals surface area contributed by atoms with Crippen molar-refractivity contribution in [2.24, 2.45) is 0 Å². The quantitative estimate of drug-likeness (QED) is 0.206. The van der Waals surface area contributed by atoms with Crippen molar-refractivity contribution in [1.29, 1.82) is 10.5 Å². The Bertz CT molecular complexity index is 2210. The molecule has 192 valence electrons. The first-order chi connectivity index (χ1) is 20.1. The van der Waals surface area contributed by atoms with Gasteiger partial charge in [0.2, 0.25) is 0 Å². The second kappa shape index (κ2) is 9.56. The number of aromatic nitrogens is 3. The van der Waals surface area contributed by atoms with Gasteiger partial charge in [0.15, 0.2) is 11.6 Å². The van der Waals surface area contributed by atoms with Gasteiger partial charge in [0.05, 0.1) is 39.6 Å². The van der Waals surface area contributed by atoms with Crippen LogP contribution in [0.5, 0.6) is 0 Å². The van der Waals surface area contributed by atoms with Gasteiger partial charge in [-0.3, -0.25) is 0 Å². The molecule has 0 saturated carbocycles. The van der Waals surface area contributed by atoms with Crippen LogP contribution in [0.2, 0.25) is 0 Å². The molecular weight excluding hydrogens is 536 g/mol. The number of nitrogens with zero attached hydrogens (tertiary/aromatic N) is 5. The summed E-state index contributed by atoms with van der Waals surface area (Å²) in [5.41, 5.74) is 4.67. The van der Waals surface area contributed by atoms with Crippen LogP contribution >= 0.6 is 11.7 Å². The second-order valence-corrected chi connectivity index (χ2v) is 9.96. The fourth-order valence-corrected chi connectivity index (χ4v) is 5.84. The highest BCUT2D eigenvalue weighted by Crippen LogP contribution is 2.41. The van der Waals surface area contributed by atoms with Crippen LogP contribution in [0.1, 0.15) is 11.1 Å². The van der Waals surface area contributed by atoms with Crippen molar-refractivity contribution >= 4 is 44.4 Å². The van der Waals surface area contributed by atoms with E-state index in [1.165, 1.54) is 0 Å². The van der Waals surface area contributed by atoms with Gasteiger partial charge >= 0.3 is 0 Å². The summed E-state index contributed by atoms with van der Waals surface area (Å²) in [6.45, 7) is 0. The summed E-state index contributed by atoms with van der Waals surface area (Å²) in [4.78, 5) is 5.02. The highest BCUT2D eigenvalue weighted by atomic mass is 32.1. The minimum atomic E-state index is -1.00. The third-order valence-corrected chi connectivity index (χ3v) is 7.70. The fraction of sp³-hybridized carbons (Fsp3) is 0. The van der Waals surface area contributed by atoms with Gasteiger partial charge in [0.25, 0.3) is 0 Å². The first kappa shape index (κ1) is 24.5. The molecular formula is C33H15F2N5S. The minimum Gasteiger partial charge on any atom is -0.247 e. The van der Waals surface area contributed by atoms with Crippen molar-refractivity contribution in [2.45, 2.75) is 0 Å². The van der Waals surface area contributed by atoms with Crippen molar-refractivity contribution in [3.05, 3.63) is 114 Å². The first-order valence-electron chi connectivity index (χ1n) is 12.5. The SMILES string of the molecule is N#Cc1cc(C#N)c(F)c(-c2ccc(-c3cc4c(-c5ccccc5)nc5ccccc5c4c4nsnc34)cc2)c1F. The molecule has 5 aromatic carbocycles. The molecule has 7 rings (SSSR count). The van der Waals surface area contributed by atoms with Crippen LogP contribution in [0.3, 0.4) is 0 Å². The van der Waals surface area contributed by atoms with Crippen molar-refractivity contribution in [2.75, 3.05) is 0 Å². The molecule has 0 unspecified atom stereocenters. The van der Waals surface area contributed by atoms with Crippen molar-refractivity contribution in [3.63, 3.8) is 0 Å². The maximum absolute atomic E-state index is 15.0. The Labute approximate surface area is 236 Å². The summed E-state index contributed by atoms with van der Waals surface area (Å²) in [5.74, 6) is -2.00. The van der Waals surface area contributed by atoms with Crippen LogP contribution in [0.15, 0.2) is 91.0 Å². The van der Waals surface area contributed by atoms with Gasteiger partial charge < -0.3 is 0 Å². The summed E-state index contributed by atoms with van der Waals surface area (Å²) >= 11 is 1.12. The minimum absolute atomic E-state index is 0.212. The molecule has 0 amide bonds. The molecule has 0 bridgehead atoms. The average molecular weight is 552 g/mol. The molecule has 8 heteroatoms. The molecule has 0 atom stereocenters. The number of hydrogen-bond acceptors (Lipinski definition) is 6. The Balaban J connectivity index is 1.48. The van der Waals surface area contributed by atoms with E-state index in [-0.39, 0.29) is 16.7 Å². The number of benzene rings is 5. The normalized spacial score (nSPS) is 11.1. The lowest BCUT2D eigenvalue weighted by Gasteiger charge is -2.13. The Kier molecular flexibility index (Phi) is 5.71. The highest BCUT2D eigenvalue weighted by molar-refractivity contribution is 7.00. The largest absolute Gasteiger partial charge is 0.247 e. The maximum Gasteiger partial charge on any atom is 0.151 e. The second-order valence-electron chi connectivity index (χ2n) is 9.43. The van der Waals surface area contributed by atoms with E-state index in [2.05, 4.69) is 8.75 Å². The predicted molar refractivity (Wildman–Crippen MR) is 156 cm³/mol. The molecule has 2 aromatic heterocycles. The van der Waals surface area contributed by atoms with Gasteiger partial charge in [0.1, 0.15) is 23.2 Å². The van der Waals surface area contributed by atoms with E-state index in [1.54, 1.807) is 36.4 Å². The Hall–Kier alpha value is -5.57. The van der Waals surface area contributed by atoms with Crippen LogP contribution in [-0.4, -0.2) is 13.7 Å². The van der Waals surface area contributed by atoms with Gasteiger partial charge in [-0.25, -0.2) is 13.8 Å². The Morgan fingerprint density at radius 1 is 0.634 bits per heavy atom. The zero-order chi connectivity index (χ0) is 28.1. The molecule has 2 heterocycles. The van der Waals surface area contributed by atoms with Gasteiger partial charge in [-0.1, -0.05) is 72.8 Å². The monoisotopic (exact) mass is 551 g/mol. The molecule has 41 heavy (non-hydrogen) atoms. The molecule has 0 aliphatic heterocycles. The van der Waals surface area contributed by atoms with Crippen molar-refractivity contribution in [3.8, 4) is 45.6 Å². The summed E-state index contributed by atoms with van der Waals surface area (Å²) in [6, 6.07) is 30.9. The summed E-state index contributed by atoms with van der Waals surface area (Å²) in [5, 5.41) is 21.4. The van der Waals surface area contributed by atoms with E-state index >= 15 is 8.78 Å². The summed E-state index contributed by atoms with van der Waals surface area (Å²) in [6.07, 6.45) is 0. The lowest BCUT2D eigenvalue weighted by atomic mass is 9.92. The number of rotatable bonds is 3. The van der Waals surface area contributed by atoms with E-state index in [1.807, 2.05) is 60.7 Å². The zero-order valence-corrected chi connectivity index (χ0v) is 21.9. The van der Waals surface area contributed by atoms with Crippen molar-refractivity contribution < 1.29 is 8.78 Å². The van der Waals surface area contributed by atoms with Gasteiger partial charge in [-0.15, -0.1) is 0 Å². The van der Waals surface area contributed by atoms with Gasteiger partial charge in [-0.05, 0) is 29.3 Å². The maximum atomic E-state index is 15.0. The topological polar surface area (TPSA) is 86.2 Å². The fourth-order valence-electron chi connectivity index (χ4n) is 5.27. The third kappa shape index (κ3) is 3.81. The van der Waals surface area contributed by atoms with Crippen LogP contribution in [0, 0.1) is 34.3 Å². The summed E-state index contributed by atoms with van der Waals surface area (Å²) < 4.78 is 39.4. The third-order valence-electron chi connectivity index (χ3n) is 7.17. The van der Waals surface area contributed by atoms with E-state index in [9.17, 15) is 10.5 Å². The number of fused-ring (bicyclic) bond motifs is 5. The first-order valence-corrected chi connectivity index (χ1v) is 13.3. The molecule has 0 fully saturated rings. The van der Waals surface area contributed by atoms with Crippen LogP contribution in [0.25, 0.3) is 66.2 Å². The average Bonchev–Trinajstić information content (AvgIpc) is 3.51. The molecule has 0 aliphatic carbocycles. The van der Waals surface area contributed by atoms with E-state index < -0.39 is 17.2 Å². The lowest BCUT2D eigenvalue weighted by Crippen LogP contribution is -1.98. The molecule has 0 radical (unpaired) electrons. The summed E-state index contributed by atoms with van der Waals surface area (Å²) in [7, 11) is 0. The van der Waals surface area contributed by atoms with Crippen LogP contribution in [0.4, 0.5) is 8.78 Å². The Morgan fingerprint density at radius 2 is 1.27 bits per heavy atom. The lowest BCUT2D eigenvalue weighted by molar-refractivity contribution is 0.585. The number of para-hydroxylation sites is 1. The van der Waals surface area contributed by atoms with Crippen LogP contribution in [-0.2, 0) is 0 Å². The van der Waals surface area contributed by atoms with E-state index in [4.69, 9.17) is 4.98 Å². The smallest absolute Gasteiger partial charge is 0.151 e. The highest BCUT2D eigenvalue weighted by Gasteiger charge is 2.22. The molecule has 0 aliphatic rings. The molecule has 7 aromatic rings. The molecule has 0 spiro atoms. The number of nitriles is 2. The standard InChI is InChI=1S/C33H15F2N5S/c34-29-21(16-36)14-22(17-37)30(35)27(29)19-12-10-18(11-13-19)24-15-25-28(33-32(24)39-41-40-33)23-8-4-5-9-26(23)38-31(25)20-6-2-1-3-7-20/h1-15H. The number of hydrogen-bond donors (Lipinski definition) is 0. The van der Waals surface area contributed by atoms with E-state index in [0.717, 1.165) is 67.4 Å². The molecule has 0 N–H and O–H groups in total. The zero-order valence-electron chi connectivity index (χ0n) is 21.1. The van der Waals surface area contributed by atoms with E-state index in [0.29, 0.717) is 5.52 Å². The predicted octanol–water partition coefficient (Wildman–Crippen LogP) is 8.42. The molecule has 0 saturated heterocycles. The van der Waals surface area contributed by atoms with Crippen LogP contribution < -0.4 is 0 Å². The Morgan fingerprint density at radius 3 is 1.98 bits per heavy atom. The van der Waals surface area contributed by atoms with Gasteiger partial charge in [-0.2, -0.15) is 19.3 Å².